The molecule has 0 radical (unpaired) electrons. The maximum Gasteiger partial charge on any atom is 0.463 e. The van der Waals surface area contributed by atoms with Crippen LogP contribution in [-0.2, 0) is 11.1 Å². The van der Waals surface area contributed by atoms with Crippen molar-refractivity contribution in [3.05, 3.63) is 156 Å². The summed E-state index contributed by atoms with van der Waals surface area (Å²) in [6.07, 6.45) is 0. The fraction of sp³-hybridized carbons (Fsp3) is 0.149. The lowest BCUT2D eigenvalue weighted by molar-refractivity contribution is 0.234. The van der Waals surface area contributed by atoms with Gasteiger partial charge in [-0.15, -0.1) is 0 Å². The Bertz CT molecular complexity index is 2660. The van der Waals surface area contributed by atoms with Crippen molar-refractivity contribution in [2.45, 2.75) is 46.1 Å². The van der Waals surface area contributed by atoms with E-state index in [0.29, 0.717) is 24.2 Å². The van der Waals surface area contributed by atoms with E-state index in [9.17, 15) is 0 Å². The van der Waals surface area contributed by atoms with Crippen molar-refractivity contribution in [2.24, 2.45) is 0 Å². The molecule has 8 aromatic carbocycles. The Morgan fingerprint density at radius 1 is 0.481 bits per heavy atom. The summed E-state index contributed by atoms with van der Waals surface area (Å²) in [6.45, 7) is 9.23. The van der Waals surface area contributed by atoms with Crippen LogP contribution in [0.4, 0.5) is 0 Å². The third kappa shape index (κ3) is 6.11. The van der Waals surface area contributed by atoms with Crippen LogP contribution in [0.2, 0.25) is 0 Å². The SMILES string of the molecule is CC(C)c1cccc(C(C)C)c1OPOc1c(-c2c(OP3OCc4ccccc4O3)c3ccccc3c3ccccc23)c2ccccc2c2ccccc12. The highest BCUT2D eigenvalue weighted by atomic mass is 31.2. The quantitative estimate of drug-likeness (QED) is 0.109. The molecule has 0 spiro atoms. The van der Waals surface area contributed by atoms with E-state index in [1.807, 2.05) is 24.3 Å². The van der Waals surface area contributed by atoms with Crippen molar-refractivity contribution in [1.29, 1.82) is 0 Å². The summed E-state index contributed by atoms with van der Waals surface area (Å²) in [4.78, 5) is 0. The predicted octanol–water partition coefficient (Wildman–Crippen LogP) is 14.4. The molecule has 2 atom stereocenters. The number of fused-ring (bicyclic) bond motifs is 7. The second-order valence-electron chi connectivity index (χ2n) is 14.2. The van der Waals surface area contributed by atoms with Crippen LogP contribution in [0.5, 0.6) is 23.0 Å². The van der Waals surface area contributed by atoms with Crippen LogP contribution in [0.3, 0.4) is 0 Å². The van der Waals surface area contributed by atoms with E-state index in [-0.39, 0.29) is 9.03 Å². The number of benzene rings is 8. The minimum absolute atomic E-state index is 0.294. The average molecular weight is 747 g/mol. The fourth-order valence-corrected chi connectivity index (χ4v) is 9.40. The summed E-state index contributed by atoms with van der Waals surface area (Å²) in [5.41, 5.74) is 5.21. The molecule has 5 nitrogen and oxygen atoms in total. The lowest BCUT2D eigenvalue weighted by Gasteiger charge is -2.27. The highest BCUT2D eigenvalue weighted by Crippen LogP contribution is 2.57. The molecule has 9 rings (SSSR count). The van der Waals surface area contributed by atoms with Gasteiger partial charge in [0.15, 0.2) is 0 Å². The number of hydrogen-bond donors (Lipinski definition) is 0. The van der Waals surface area contributed by atoms with Crippen molar-refractivity contribution in [3.63, 3.8) is 0 Å². The Labute approximate surface area is 318 Å². The molecular formula is C47H40O5P2. The zero-order valence-electron chi connectivity index (χ0n) is 30.6. The van der Waals surface area contributed by atoms with Crippen molar-refractivity contribution in [1.82, 2.24) is 0 Å². The summed E-state index contributed by atoms with van der Waals surface area (Å²) < 4.78 is 33.5. The molecular weight excluding hydrogens is 706 g/mol. The Morgan fingerprint density at radius 2 is 0.926 bits per heavy atom. The number of hydrogen-bond acceptors (Lipinski definition) is 5. The van der Waals surface area contributed by atoms with Crippen LogP contribution in [0.25, 0.3) is 54.2 Å². The molecule has 0 saturated heterocycles. The second kappa shape index (κ2) is 14.6. The van der Waals surface area contributed by atoms with E-state index in [0.717, 1.165) is 77.0 Å². The smallest absolute Gasteiger partial charge is 0.440 e. The number of rotatable bonds is 9. The fourth-order valence-electron chi connectivity index (χ4n) is 7.68. The molecule has 1 aliphatic rings. The minimum atomic E-state index is -1.78. The zero-order valence-corrected chi connectivity index (χ0v) is 32.5. The van der Waals surface area contributed by atoms with Gasteiger partial charge < -0.3 is 18.1 Å². The van der Waals surface area contributed by atoms with Gasteiger partial charge in [-0.1, -0.05) is 161 Å². The second-order valence-corrected chi connectivity index (χ2v) is 15.9. The first-order chi connectivity index (χ1) is 26.5. The van der Waals surface area contributed by atoms with Crippen LogP contribution in [0.15, 0.2) is 140 Å². The van der Waals surface area contributed by atoms with Crippen molar-refractivity contribution < 1.29 is 22.6 Å². The molecule has 0 fully saturated rings. The normalized spacial score (nSPS) is 14.4. The molecule has 1 heterocycles. The van der Waals surface area contributed by atoms with E-state index < -0.39 is 8.60 Å². The molecule has 8 aromatic rings. The van der Waals surface area contributed by atoms with Crippen molar-refractivity contribution in [2.75, 3.05) is 0 Å². The Balaban J connectivity index is 1.29. The predicted molar refractivity (Wildman–Crippen MR) is 225 cm³/mol. The molecule has 268 valence electrons. The van der Waals surface area contributed by atoms with Gasteiger partial charge in [-0.25, -0.2) is 0 Å². The number of para-hydroxylation sites is 2. The van der Waals surface area contributed by atoms with Crippen LogP contribution in [-0.4, -0.2) is 0 Å². The Hall–Kier alpha value is -5.18. The molecule has 0 aliphatic carbocycles. The average Bonchev–Trinajstić information content (AvgIpc) is 3.21. The minimum Gasteiger partial charge on any atom is -0.440 e. The van der Waals surface area contributed by atoms with Crippen LogP contribution in [0, 0.1) is 0 Å². The van der Waals surface area contributed by atoms with Gasteiger partial charge in [-0.05, 0) is 61.3 Å². The molecule has 7 heteroatoms. The molecule has 2 unspecified atom stereocenters. The molecule has 0 bridgehead atoms. The monoisotopic (exact) mass is 746 g/mol. The van der Waals surface area contributed by atoms with Gasteiger partial charge in [0.25, 0.3) is 9.03 Å². The highest BCUT2D eigenvalue weighted by Gasteiger charge is 2.30. The van der Waals surface area contributed by atoms with E-state index in [4.69, 9.17) is 22.6 Å². The summed E-state index contributed by atoms with van der Waals surface area (Å²) >= 11 is 0. The van der Waals surface area contributed by atoms with E-state index >= 15 is 0 Å². The van der Waals surface area contributed by atoms with Gasteiger partial charge in [0.1, 0.15) is 23.0 Å². The van der Waals surface area contributed by atoms with E-state index in [1.54, 1.807) is 0 Å². The lowest BCUT2D eigenvalue weighted by Crippen LogP contribution is -2.08. The van der Waals surface area contributed by atoms with Gasteiger partial charge >= 0.3 is 8.60 Å². The van der Waals surface area contributed by atoms with E-state index in [1.165, 1.54) is 11.1 Å². The maximum atomic E-state index is 7.03. The standard InChI is InChI=1S/C47H40O5P2/c1-29(2)32-25-15-26-33(30(3)4)45(32)49-53-50-46-40-23-12-8-19-36(40)34-17-6-10-21-38(34)43(46)44-39-22-11-7-18-35(39)37-20-9-13-24-41(37)47(44)52-54-48-28-31-16-5-14-27-42(31)51-54/h5-27,29-30,53H,28H2,1-4H3. The van der Waals surface area contributed by atoms with Crippen LogP contribution >= 0.6 is 17.6 Å². The molecule has 1 aliphatic heterocycles. The van der Waals surface area contributed by atoms with Gasteiger partial charge in [0.05, 0.1) is 6.61 Å². The summed E-state index contributed by atoms with van der Waals surface area (Å²) in [7, 11) is -2.09. The zero-order chi connectivity index (χ0) is 36.8. The topological polar surface area (TPSA) is 46.2 Å². The third-order valence-electron chi connectivity index (χ3n) is 10.3. The Kier molecular flexibility index (Phi) is 9.33. The lowest BCUT2D eigenvalue weighted by atomic mass is 9.87. The highest BCUT2D eigenvalue weighted by molar-refractivity contribution is 7.42. The molecule has 54 heavy (non-hydrogen) atoms. The van der Waals surface area contributed by atoms with Gasteiger partial charge in [-0.3, -0.25) is 4.52 Å². The summed E-state index contributed by atoms with van der Waals surface area (Å²) in [6, 6.07) is 48.4. The molecule has 0 N–H and O–H groups in total. The van der Waals surface area contributed by atoms with Crippen LogP contribution < -0.4 is 18.1 Å². The maximum absolute atomic E-state index is 7.03. The first kappa shape index (κ1) is 34.6. The van der Waals surface area contributed by atoms with Gasteiger partial charge in [0.2, 0.25) is 0 Å². The largest absolute Gasteiger partial charge is 0.463 e. The first-order valence-electron chi connectivity index (χ1n) is 18.4. The van der Waals surface area contributed by atoms with Crippen molar-refractivity contribution in [3.8, 4) is 34.1 Å². The Morgan fingerprint density at radius 3 is 1.50 bits per heavy atom. The first-order valence-corrected chi connectivity index (χ1v) is 20.3. The summed E-state index contributed by atoms with van der Waals surface area (Å²) in [5, 5.41) is 8.49. The van der Waals surface area contributed by atoms with Crippen LogP contribution in [0.1, 0.15) is 56.2 Å². The third-order valence-corrected chi connectivity index (χ3v) is 11.9. The molecule has 0 saturated carbocycles. The van der Waals surface area contributed by atoms with E-state index in [2.05, 4.69) is 143 Å². The molecule has 0 amide bonds. The van der Waals surface area contributed by atoms with Gasteiger partial charge in [-0.2, -0.15) is 0 Å². The molecule has 0 aromatic heterocycles. The van der Waals surface area contributed by atoms with Crippen molar-refractivity contribution >= 4 is 60.7 Å². The van der Waals surface area contributed by atoms with Gasteiger partial charge in [0, 0.05) is 27.5 Å². The summed E-state index contributed by atoms with van der Waals surface area (Å²) in [5.74, 6) is 3.70.